The van der Waals surface area contributed by atoms with Gasteiger partial charge in [-0.1, -0.05) is 19.8 Å². The lowest BCUT2D eigenvalue weighted by molar-refractivity contribution is 0.323. The summed E-state index contributed by atoms with van der Waals surface area (Å²) in [5, 5.41) is 5.23. The fraction of sp³-hybridized carbons (Fsp3) is 1.00. The molecule has 0 unspecified atom stereocenters. The van der Waals surface area contributed by atoms with Crippen LogP contribution in [0.5, 0.6) is 0 Å². The molecule has 8 heavy (non-hydrogen) atoms. The van der Waals surface area contributed by atoms with Crippen LogP contribution < -0.4 is 5.40 Å². The lowest BCUT2D eigenvalue weighted by atomic mass is 10.3. The Kier molecular flexibility index (Phi) is 7.26. The smallest absolute Gasteiger partial charge is 0.233 e. The van der Waals surface area contributed by atoms with Crippen molar-refractivity contribution in [3.8, 4) is 0 Å². The SMILES string of the molecule is CCCCCO[SiH2]N. The molecule has 0 heterocycles. The van der Waals surface area contributed by atoms with Crippen molar-refractivity contribution in [1.82, 2.24) is 0 Å². The largest absolute Gasteiger partial charge is 0.409 e. The summed E-state index contributed by atoms with van der Waals surface area (Å²) in [5.41, 5.74) is 0. The molecule has 0 rings (SSSR count). The molecule has 0 aromatic heterocycles. The maximum atomic E-state index is 5.23. The summed E-state index contributed by atoms with van der Waals surface area (Å²) in [5.74, 6) is 0. The summed E-state index contributed by atoms with van der Waals surface area (Å²) in [7, 11) is -0.614. The molecular formula is C5H15NOSi. The highest BCUT2D eigenvalue weighted by atomic mass is 28.2. The Balaban J connectivity index is 2.53. The van der Waals surface area contributed by atoms with Crippen molar-refractivity contribution in [1.29, 1.82) is 0 Å². The topological polar surface area (TPSA) is 35.2 Å². The number of rotatable bonds is 5. The molecule has 2 N–H and O–H groups in total. The van der Waals surface area contributed by atoms with Crippen LogP contribution in [0.2, 0.25) is 0 Å². The zero-order valence-electron chi connectivity index (χ0n) is 5.52. The Bertz CT molecular complexity index is 37.4. The second-order valence-corrected chi connectivity index (χ2v) is 2.52. The van der Waals surface area contributed by atoms with Crippen molar-refractivity contribution in [3.05, 3.63) is 0 Å². The summed E-state index contributed by atoms with van der Waals surface area (Å²) in [6.07, 6.45) is 3.71. The van der Waals surface area contributed by atoms with Crippen LogP contribution >= 0.6 is 0 Å². The lowest BCUT2D eigenvalue weighted by Gasteiger charge is -1.96. The first-order valence-electron chi connectivity index (χ1n) is 3.19. The van der Waals surface area contributed by atoms with Crippen molar-refractivity contribution in [2.45, 2.75) is 26.2 Å². The average molecular weight is 133 g/mol. The second-order valence-electron chi connectivity index (χ2n) is 1.78. The maximum absolute atomic E-state index is 5.23. The van der Waals surface area contributed by atoms with Gasteiger partial charge in [-0.3, -0.25) is 0 Å². The quantitative estimate of drug-likeness (QED) is 0.428. The molecule has 0 saturated carbocycles. The van der Waals surface area contributed by atoms with Crippen LogP contribution in [0, 0.1) is 0 Å². The van der Waals surface area contributed by atoms with Crippen LogP contribution in [0.3, 0.4) is 0 Å². The molecule has 0 aromatic rings. The molecule has 0 saturated heterocycles. The van der Waals surface area contributed by atoms with Crippen LogP contribution in [0.4, 0.5) is 0 Å². The zero-order valence-corrected chi connectivity index (χ0v) is 6.94. The van der Waals surface area contributed by atoms with Gasteiger partial charge in [0.05, 0.1) is 0 Å². The number of nitrogens with two attached hydrogens (primary N) is 1. The summed E-state index contributed by atoms with van der Waals surface area (Å²) < 4.78 is 5.05. The average Bonchev–Trinajstić information content (AvgIpc) is 1.81. The van der Waals surface area contributed by atoms with Crippen LogP contribution in [-0.4, -0.2) is 16.5 Å². The highest BCUT2D eigenvalue weighted by molar-refractivity contribution is 6.22. The first-order chi connectivity index (χ1) is 3.91. The third-order valence-corrected chi connectivity index (χ3v) is 1.53. The van der Waals surface area contributed by atoms with Gasteiger partial charge in [-0.25, -0.2) is 0 Å². The van der Waals surface area contributed by atoms with Gasteiger partial charge in [-0.15, -0.1) is 0 Å². The molecule has 0 aliphatic rings. The normalized spacial score (nSPS) is 11.2. The highest BCUT2D eigenvalue weighted by Crippen LogP contribution is 1.91. The number of unbranched alkanes of at least 4 members (excludes halogenated alkanes) is 2. The molecule has 50 valence electrons. The lowest BCUT2D eigenvalue weighted by Crippen LogP contribution is -2.10. The van der Waals surface area contributed by atoms with Crippen LogP contribution in [0.1, 0.15) is 26.2 Å². The molecule has 0 aliphatic heterocycles. The summed E-state index contributed by atoms with van der Waals surface area (Å²) >= 11 is 0. The van der Waals surface area contributed by atoms with E-state index in [0.29, 0.717) is 0 Å². The molecule has 0 amide bonds. The molecule has 2 nitrogen and oxygen atoms in total. The molecule has 0 atom stereocenters. The van der Waals surface area contributed by atoms with Crippen LogP contribution in [0.25, 0.3) is 0 Å². The van der Waals surface area contributed by atoms with Crippen LogP contribution in [0.15, 0.2) is 0 Å². The molecule has 0 spiro atoms. The molecular weight excluding hydrogens is 118 g/mol. The van der Waals surface area contributed by atoms with E-state index in [1.54, 1.807) is 0 Å². The standard InChI is InChI=1S/C5H15NOSi/c1-2-3-4-5-7-8-6/h2-6,8H2,1H3. The Morgan fingerprint density at radius 3 is 2.75 bits per heavy atom. The third-order valence-electron chi connectivity index (χ3n) is 1.01. The van der Waals surface area contributed by atoms with E-state index in [1.807, 2.05) is 0 Å². The Hall–Kier alpha value is 0.137. The Labute approximate surface area is 53.4 Å². The van der Waals surface area contributed by atoms with Crippen molar-refractivity contribution in [2.24, 2.45) is 5.40 Å². The van der Waals surface area contributed by atoms with E-state index in [9.17, 15) is 0 Å². The number of hydrogen-bond acceptors (Lipinski definition) is 2. The van der Waals surface area contributed by atoms with E-state index in [2.05, 4.69) is 6.92 Å². The second kappa shape index (κ2) is 7.14. The van der Waals surface area contributed by atoms with Gasteiger partial charge in [-0.2, -0.15) is 0 Å². The van der Waals surface area contributed by atoms with Crippen molar-refractivity contribution < 1.29 is 4.43 Å². The van der Waals surface area contributed by atoms with Gasteiger partial charge in [0.1, 0.15) is 0 Å². The fourth-order valence-corrected chi connectivity index (χ4v) is 0.908. The van der Waals surface area contributed by atoms with Crippen molar-refractivity contribution >= 4 is 9.92 Å². The minimum absolute atomic E-state index is 0.614. The number of hydrogen-bond donors (Lipinski definition) is 1. The van der Waals surface area contributed by atoms with E-state index in [1.165, 1.54) is 19.3 Å². The minimum Gasteiger partial charge on any atom is -0.409 e. The zero-order chi connectivity index (χ0) is 6.24. The Morgan fingerprint density at radius 1 is 1.50 bits per heavy atom. The van der Waals surface area contributed by atoms with E-state index in [-0.39, 0.29) is 0 Å². The first-order valence-corrected chi connectivity index (χ1v) is 4.59. The molecule has 0 aliphatic carbocycles. The Morgan fingerprint density at radius 2 is 2.25 bits per heavy atom. The molecule has 0 bridgehead atoms. The minimum atomic E-state index is -0.614. The van der Waals surface area contributed by atoms with E-state index in [0.717, 1.165) is 6.61 Å². The van der Waals surface area contributed by atoms with E-state index < -0.39 is 9.92 Å². The van der Waals surface area contributed by atoms with Gasteiger partial charge in [0, 0.05) is 6.61 Å². The molecule has 0 radical (unpaired) electrons. The van der Waals surface area contributed by atoms with Gasteiger partial charge < -0.3 is 9.83 Å². The van der Waals surface area contributed by atoms with Crippen molar-refractivity contribution in [3.63, 3.8) is 0 Å². The molecule has 0 fully saturated rings. The predicted molar refractivity (Wildman–Crippen MR) is 38.2 cm³/mol. The summed E-state index contributed by atoms with van der Waals surface area (Å²) in [6.45, 7) is 3.07. The van der Waals surface area contributed by atoms with Crippen molar-refractivity contribution in [2.75, 3.05) is 6.61 Å². The van der Waals surface area contributed by atoms with Gasteiger partial charge in [-0.05, 0) is 6.42 Å². The van der Waals surface area contributed by atoms with Gasteiger partial charge >= 0.3 is 0 Å². The van der Waals surface area contributed by atoms with Gasteiger partial charge in [0.25, 0.3) is 0 Å². The predicted octanol–water partition coefficient (Wildman–Crippen LogP) is 0.151. The summed E-state index contributed by atoms with van der Waals surface area (Å²) in [6, 6.07) is 0. The van der Waals surface area contributed by atoms with Crippen LogP contribution in [-0.2, 0) is 4.43 Å². The maximum Gasteiger partial charge on any atom is 0.233 e. The van der Waals surface area contributed by atoms with E-state index >= 15 is 0 Å². The van der Waals surface area contributed by atoms with Gasteiger partial charge in [0.15, 0.2) is 0 Å². The monoisotopic (exact) mass is 133 g/mol. The summed E-state index contributed by atoms with van der Waals surface area (Å²) in [4.78, 5) is 0. The first kappa shape index (κ1) is 8.14. The molecule has 3 heteroatoms. The third kappa shape index (κ3) is 6.14. The molecule has 0 aromatic carbocycles. The van der Waals surface area contributed by atoms with Gasteiger partial charge in [0.2, 0.25) is 9.92 Å². The fourth-order valence-electron chi connectivity index (χ4n) is 0.537. The van der Waals surface area contributed by atoms with E-state index in [4.69, 9.17) is 9.83 Å². The highest BCUT2D eigenvalue weighted by Gasteiger charge is 1.82.